The Morgan fingerprint density at radius 3 is 2.72 bits per heavy atom. The Morgan fingerprint density at radius 1 is 1.17 bits per heavy atom. The van der Waals surface area contributed by atoms with Crippen molar-refractivity contribution in [1.82, 2.24) is 10.4 Å². The predicted molar refractivity (Wildman–Crippen MR) is 73.5 cm³/mol. The summed E-state index contributed by atoms with van der Waals surface area (Å²) in [5, 5.41) is 0. The van der Waals surface area contributed by atoms with Crippen LogP contribution >= 0.6 is 0 Å². The van der Waals surface area contributed by atoms with Crippen molar-refractivity contribution in [2.24, 2.45) is 0 Å². The van der Waals surface area contributed by atoms with Gasteiger partial charge in [0.05, 0.1) is 6.54 Å². The summed E-state index contributed by atoms with van der Waals surface area (Å²) < 4.78 is 0. The van der Waals surface area contributed by atoms with Crippen LogP contribution in [0.15, 0.2) is 24.3 Å². The van der Waals surface area contributed by atoms with Crippen LogP contribution in [0.4, 0.5) is 0 Å². The summed E-state index contributed by atoms with van der Waals surface area (Å²) in [5.41, 5.74) is 5.34. The number of rotatable bonds is 6. The summed E-state index contributed by atoms with van der Waals surface area (Å²) in [6.07, 6.45) is 5.04. The van der Waals surface area contributed by atoms with Gasteiger partial charge in [-0.1, -0.05) is 31.5 Å². The molecular weight excluding hydrogens is 224 g/mol. The average molecular weight is 247 g/mol. The van der Waals surface area contributed by atoms with Crippen molar-refractivity contribution >= 4 is 0 Å². The molecule has 3 heteroatoms. The maximum Gasteiger partial charge on any atom is 0.153 e. The summed E-state index contributed by atoms with van der Waals surface area (Å²) in [7, 11) is 0. The highest BCUT2D eigenvalue weighted by molar-refractivity contribution is 5.33. The molecule has 0 atom stereocenters. The first kappa shape index (κ1) is 13.4. The summed E-state index contributed by atoms with van der Waals surface area (Å²) in [6, 6.07) is 8.24. The lowest BCUT2D eigenvalue weighted by molar-refractivity contribution is 0.175. The largest absolute Gasteiger partial charge is 0.388 e. The van der Waals surface area contributed by atoms with Gasteiger partial charge in [0.15, 0.2) is 5.75 Å². The van der Waals surface area contributed by atoms with Crippen molar-refractivity contribution in [1.29, 1.82) is 0 Å². The molecule has 3 nitrogen and oxygen atoms in total. The summed E-state index contributed by atoms with van der Waals surface area (Å²) in [6.45, 7) is 6.27. The minimum absolute atomic E-state index is 0.762. The van der Waals surface area contributed by atoms with Gasteiger partial charge in [-0.3, -0.25) is 4.90 Å². The number of benzene rings is 1. The van der Waals surface area contributed by atoms with Gasteiger partial charge in [0.25, 0.3) is 0 Å². The summed E-state index contributed by atoms with van der Waals surface area (Å²) >= 11 is 0. The van der Waals surface area contributed by atoms with Crippen molar-refractivity contribution < 1.29 is 4.84 Å². The Labute approximate surface area is 110 Å². The molecule has 0 aromatic heterocycles. The number of para-hydroxylation sites is 1. The highest BCUT2D eigenvalue weighted by Crippen LogP contribution is 2.21. The smallest absolute Gasteiger partial charge is 0.153 e. The van der Waals surface area contributed by atoms with E-state index in [-0.39, 0.29) is 0 Å². The molecule has 99 valence electrons. The van der Waals surface area contributed by atoms with E-state index in [0.717, 1.165) is 25.3 Å². The van der Waals surface area contributed by atoms with E-state index in [4.69, 9.17) is 4.84 Å². The molecule has 1 aliphatic rings. The van der Waals surface area contributed by atoms with Crippen LogP contribution in [0.3, 0.4) is 0 Å². The number of hydroxylamine groups is 1. The maximum absolute atomic E-state index is 5.52. The van der Waals surface area contributed by atoms with Gasteiger partial charge in [-0.2, -0.15) is 0 Å². The Balaban J connectivity index is 1.93. The van der Waals surface area contributed by atoms with Gasteiger partial charge in [-0.15, -0.1) is 0 Å². The van der Waals surface area contributed by atoms with Crippen LogP contribution in [0, 0.1) is 0 Å². The second-order valence-electron chi connectivity index (χ2n) is 4.89. The Morgan fingerprint density at radius 2 is 1.94 bits per heavy atom. The van der Waals surface area contributed by atoms with E-state index in [1.165, 1.54) is 37.9 Å². The molecule has 1 fully saturated rings. The normalized spacial score (nSPS) is 16.7. The van der Waals surface area contributed by atoms with E-state index >= 15 is 0 Å². The highest BCUT2D eigenvalue weighted by atomic mass is 16.6. The van der Waals surface area contributed by atoms with Gasteiger partial charge in [0, 0.05) is 12.1 Å². The van der Waals surface area contributed by atoms with Gasteiger partial charge in [0.2, 0.25) is 0 Å². The lowest BCUT2D eigenvalue weighted by Gasteiger charge is -2.26. The van der Waals surface area contributed by atoms with Crippen molar-refractivity contribution in [3.05, 3.63) is 29.8 Å². The zero-order valence-corrected chi connectivity index (χ0v) is 11.3. The molecule has 0 aliphatic carbocycles. The zero-order chi connectivity index (χ0) is 12.6. The maximum atomic E-state index is 5.52. The fourth-order valence-electron chi connectivity index (χ4n) is 2.29. The van der Waals surface area contributed by atoms with E-state index in [9.17, 15) is 0 Å². The van der Waals surface area contributed by atoms with Crippen LogP contribution in [0.5, 0.6) is 5.75 Å². The highest BCUT2D eigenvalue weighted by Gasteiger charge is 2.13. The zero-order valence-electron chi connectivity index (χ0n) is 11.3. The third-order valence-corrected chi connectivity index (χ3v) is 3.29. The van der Waals surface area contributed by atoms with E-state index in [1.54, 1.807) is 0 Å². The molecule has 0 N–H and O–H groups in total. The molecule has 1 aliphatic heterocycles. The van der Waals surface area contributed by atoms with Gasteiger partial charge >= 0.3 is 0 Å². The minimum atomic E-state index is 0.762. The van der Waals surface area contributed by atoms with Crippen molar-refractivity contribution in [3.63, 3.8) is 0 Å². The topological polar surface area (TPSA) is 26.6 Å². The molecule has 0 amide bonds. The Kier molecular flexibility index (Phi) is 5.49. The molecule has 1 saturated heterocycles. The van der Waals surface area contributed by atoms with Gasteiger partial charge in [0.1, 0.15) is 0 Å². The second kappa shape index (κ2) is 7.39. The van der Waals surface area contributed by atoms with Crippen molar-refractivity contribution in [2.75, 3.05) is 19.6 Å². The second-order valence-corrected chi connectivity index (χ2v) is 4.89. The first-order valence-corrected chi connectivity index (χ1v) is 7.04. The summed E-state index contributed by atoms with van der Waals surface area (Å²) in [5.74, 6) is 0.913. The number of piperidine rings is 1. The molecule has 2 rings (SSSR count). The van der Waals surface area contributed by atoms with E-state index in [2.05, 4.69) is 29.4 Å². The van der Waals surface area contributed by atoms with Crippen LogP contribution in [-0.2, 0) is 6.54 Å². The SMILES string of the molecule is CCC[N]Oc1ccccc1CN1CCCCC1. The van der Waals surface area contributed by atoms with E-state index in [0.29, 0.717) is 0 Å². The molecule has 1 aromatic carbocycles. The van der Waals surface area contributed by atoms with Crippen LogP contribution in [0.2, 0.25) is 0 Å². The molecule has 1 heterocycles. The molecule has 18 heavy (non-hydrogen) atoms. The third kappa shape index (κ3) is 4.00. The molecule has 1 radical (unpaired) electrons. The first-order valence-electron chi connectivity index (χ1n) is 7.04. The predicted octanol–water partition coefficient (Wildman–Crippen LogP) is 2.98. The lowest BCUT2D eigenvalue weighted by Crippen LogP contribution is -2.29. The van der Waals surface area contributed by atoms with Crippen LogP contribution in [-0.4, -0.2) is 24.5 Å². The number of likely N-dealkylation sites (tertiary alicyclic amines) is 1. The van der Waals surface area contributed by atoms with Crippen LogP contribution < -0.4 is 10.3 Å². The van der Waals surface area contributed by atoms with Crippen LogP contribution in [0.1, 0.15) is 38.2 Å². The molecular formula is C15H23N2O. The van der Waals surface area contributed by atoms with E-state index < -0.39 is 0 Å². The Bertz CT molecular complexity index is 348. The van der Waals surface area contributed by atoms with Gasteiger partial charge < -0.3 is 4.84 Å². The molecule has 0 saturated carbocycles. The number of hydrogen-bond donors (Lipinski definition) is 0. The van der Waals surface area contributed by atoms with Crippen molar-refractivity contribution in [3.8, 4) is 5.75 Å². The Hall–Kier alpha value is -1.06. The van der Waals surface area contributed by atoms with Crippen molar-refractivity contribution in [2.45, 2.75) is 39.2 Å². The fraction of sp³-hybridized carbons (Fsp3) is 0.600. The standard InChI is InChI=1S/C15H23N2O/c1-2-10-16-18-15-9-5-4-8-14(15)13-17-11-6-3-7-12-17/h4-5,8-9H,2-3,6-7,10-13H2,1H3. The van der Waals surface area contributed by atoms with E-state index in [1.807, 2.05) is 12.1 Å². The minimum Gasteiger partial charge on any atom is -0.388 e. The third-order valence-electron chi connectivity index (χ3n) is 3.29. The summed E-state index contributed by atoms with van der Waals surface area (Å²) in [4.78, 5) is 8.02. The number of hydrogen-bond acceptors (Lipinski definition) is 2. The quantitative estimate of drug-likeness (QED) is 0.570. The molecule has 0 bridgehead atoms. The van der Waals surface area contributed by atoms with Gasteiger partial charge in [-0.25, -0.2) is 0 Å². The first-order chi connectivity index (χ1) is 8.90. The molecule has 0 unspecified atom stereocenters. The fourth-order valence-corrected chi connectivity index (χ4v) is 2.29. The monoisotopic (exact) mass is 247 g/mol. The van der Waals surface area contributed by atoms with Gasteiger partial charge in [-0.05, 0) is 43.9 Å². The van der Waals surface area contributed by atoms with Crippen LogP contribution in [0.25, 0.3) is 0 Å². The molecule has 1 aromatic rings. The molecule has 0 spiro atoms. The lowest BCUT2D eigenvalue weighted by atomic mass is 10.1. The average Bonchev–Trinajstić information content (AvgIpc) is 2.42. The number of nitrogens with zero attached hydrogens (tertiary/aromatic N) is 2.